The van der Waals surface area contributed by atoms with Crippen LogP contribution in [-0.2, 0) is 26.7 Å². The second-order valence-corrected chi connectivity index (χ2v) is 21.5. The first-order chi connectivity index (χ1) is 28.0. The molecule has 8 heteroatoms. The van der Waals surface area contributed by atoms with Crippen LogP contribution in [0.5, 0.6) is 0 Å². The molecule has 5 aromatic carbocycles. The third kappa shape index (κ3) is 8.63. The van der Waals surface area contributed by atoms with Crippen LogP contribution in [-0.4, -0.2) is 27.6 Å². The Bertz CT molecular complexity index is 2830. The molecular formula is C51H47FIrN4OSi-2. The Balaban J connectivity index is 0.000000262. The molecule has 4 aromatic heterocycles. The van der Waals surface area contributed by atoms with Crippen molar-refractivity contribution >= 4 is 46.4 Å². The van der Waals surface area contributed by atoms with Crippen molar-refractivity contribution in [2.75, 3.05) is 0 Å². The number of nitrogens with zero attached hydrogens (tertiary/aromatic N) is 4. The van der Waals surface area contributed by atoms with E-state index in [1.807, 2.05) is 97.2 Å². The molecule has 0 atom stereocenters. The van der Waals surface area contributed by atoms with Crippen molar-refractivity contribution in [1.29, 1.82) is 0 Å². The summed E-state index contributed by atoms with van der Waals surface area (Å²) >= 11 is 0. The summed E-state index contributed by atoms with van der Waals surface area (Å²) in [4.78, 5) is 14.5. The van der Waals surface area contributed by atoms with Crippen LogP contribution in [0.25, 0.3) is 67.0 Å². The molecule has 0 fully saturated rings. The summed E-state index contributed by atoms with van der Waals surface area (Å²) in [5, 5.41) is 3.31. The van der Waals surface area contributed by atoms with Gasteiger partial charge >= 0.3 is 0 Å². The number of hydrogen-bond acceptors (Lipinski definition) is 4. The van der Waals surface area contributed by atoms with Crippen molar-refractivity contribution in [3.63, 3.8) is 0 Å². The molecule has 0 spiro atoms. The van der Waals surface area contributed by atoms with E-state index in [0.29, 0.717) is 17.8 Å². The second-order valence-electron chi connectivity index (χ2n) is 16.5. The predicted octanol–water partition coefficient (Wildman–Crippen LogP) is 13.0. The average Bonchev–Trinajstić information content (AvgIpc) is 3.79. The summed E-state index contributed by atoms with van der Waals surface area (Å²) in [6.45, 7) is 16.0. The quantitative estimate of drug-likeness (QED) is 0.112. The molecule has 0 saturated heterocycles. The molecule has 0 saturated carbocycles. The molecule has 0 aliphatic rings. The fourth-order valence-corrected chi connectivity index (χ4v) is 8.62. The van der Waals surface area contributed by atoms with Crippen molar-refractivity contribution < 1.29 is 28.9 Å². The number of pyridine rings is 2. The Morgan fingerprint density at radius 3 is 2.07 bits per heavy atom. The number of fused-ring (bicyclic) bond motifs is 4. The molecule has 4 heterocycles. The van der Waals surface area contributed by atoms with Gasteiger partial charge in [-0.2, -0.15) is 0 Å². The zero-order chi connectivity index (χ0) is 40.6. The first-order valence-electron chi connectivity index (χ1n) is 20.0. The van der Waals surface area contributed by atoms with Gasteiger partial charge in [-0.15, -0.1) is 54.1 Å². The van der Waals surface area contributed by atoms with Crippen LogP contribution in [0, 0.1) is 17.9 Å². The summed E-state index contributed by atoms with van der Waals surface area (Å²) in [6, 6.07) is 48.6. The standard InChI is InChI=1S/C37H31FN3O.C14H16NSi.Ir/c1-22(2)29-19-25(38)20-30(23(3)4)31(29)21-41-34-16-9-8-15-33(34)39-36(41)28-14-10-13-26-27-17-18-32(24-11-6-5-7-12-24)40-37(27)42-35(26)28;1-16(2,3)13-9-10-14(15-11-13)12-7-5-4-6-8-12;/h5-13,15-20,22-23H,21H2,1-4H3;4-7,9-11H,1-3H3;/q2*-1;. The van der Waals surface area contributed by atoms with E-state index in [-0.39, 0.29) is 37.8 Å². The van der Waals surface area contributed by atoms with Gasteiger partial charge < -0.3 is 14.0 Å². The van der Waals surface area contributed by atoms with E-state index in [4.69, 9.17) is 14.4 Å². The summed E-state index contributed by atoms with van der Waals surface area (Å²) < 4.78 is 23.5. The van der Waals surface area contributed by atoms with Crippen molar-refractivity contribution in [3.8, 4) is 33.9 Å². The Hall–Kier alpha value is -5.53. The molecule has 1 radical (unpaired) electrons. The number of aromatic nitrogens is 4. The van der Waals surface area contributed by atoms with Crippen LogP contribution in [0.15, 0.2) is 138 Å². The van der Waals surface area contributed by atoms with E-state index >= 15 is 0 Å². The number of rotatable bonds is 8. The Morgan fingerprint density at radius 1 is 0.712 bits per heavy atom. The normalized spacial score (nSPS) is 11.6. The molecule has 299 valence electrons. The van der Waals surface area contributed by atoms with Gasteiger partial charge in [-0.05, 0) is 75.8 Å². The van der Waals surface area contributed by atoms with Crippen LogP contribution >= 0.6 is 0 Å². The molecule has 0 aliphatic heterocycles. The predicted molar refractivity (Wildman–Crippen MR) is 240 cm³/mol. The molecule has 59 heavy (non-hydrogen) atoms. The smallest absolute Gasteiger partial charge is 0.216 e. The first-order valence-corrected chi connectivity index (χ1v) is 23.5. The maximum Gasteiger partial charge on any atom is 0.216 e. The van der Waals surface area contributed by atoms with Gasteiger partial charge in [-0.25, -0.2) is 9.37 Å². The number of para-hydroxylation sites is 2. The van der Waals surface area contributed by atoms with Gasteiger partial charge in [0.25, 0.3) is 0 Å². The minimum atomic E-state index is -1.23. The fourth-order valence-electron chi connectivity index (χ4n) is 7.58. The molecule has 0 N–H and O–H groups in total. The van der Waals surface area contributed by atoms with Crippen LogP contribution in [0.4, 0.5) is 4.39 Å². The molecule has 9 aromatic rings. The summed E-state index contributed by atoms with van der Waals surface area (Å²) in [7, 11) is -1.23. The van der Waals surface area contributed by atoms with Crippen molar-refractivity contribution in [3.05, 3.63) is 168 Å². The van der Waals surface area contributed by atoms with E-state index in [2.05, 4.69) is 93.3 Å². The van der Waals surface area contributed by atoms with Crippen LogP contribution < -0.4 is 5.19 Å². The largest absolute Gasteiger partial charge is 0.486 e. The number of halogens is 1. The minimum Gasteiger partial charge on any atom is -0.486 e. The number of imidazole rings is 1. The van der Waals surface area contributed by atoms with Gasteiger partial charge in [-0.1, -0.05) is 113 Å². The van der Waals surface area contributed by atoms with E-state index in [1.165, 1.54) is 5.19 Å². The monoisotopic (exact) mass is 971 g/mol. The Labute approximate surface area is 360 Å². The van der Waals surface area contributed by atoms with Gasteiger partial charge in [0, 0.05) is 43.8 Å². The molecule has 0 unspecified atom stereocenters. The van der Waals surface area contributed by atoms with Crippen LogP contribution in [0.1, 0.15) is 56.2 Å². The Morgan fingerprint density at radius 2 is 1.41 bits per heavy atom. The van der Waals surface area contributed by atoms with Gasteiger partial charge in [0.2, 0.25) is 5.71 Å². The zero-order valence-electron chi connectivity index (χ0n) is 34.5. The molecular weight excluding hydrogens is 924 g/mol. The number of furan rings is 1. The minimum absolute atomic E-state index is 0. The topological polar surface area (TPSA) is 56.7 Å². The van der Waals surface area contributed by atoms with E-state index in [1.54, 1.807) is 12.1 Å². The maximum absolute atomic E-state index is 14.8. The SMILES string of the molecule is CC(C)c1cc(F)cc(C(C)C)c1Cn1c(-c2[c-]ccc3c2oc2nc(-c4ccccc4)ccc23)nc2ccccc21.C[Si](C)(C)c1ccc(-c2[c-]cccc2)nc1.[Ir]. The maximum atomic E-state index is 14.8. The Kier molecular flexibility index (Phi) is 12.2. The van der Waals surface area contributed by atoms with Crippen molar-refractivity contribution in [2.45, 2.75) is 65.7 Å². The van der Waals surface area contributed by atoms with E-state index in [9.17, 15) is 4.39 Å². The molecule has 9 rings (SSSR count). The van der Waals surface area contributed by atoms with Gasteiger partial charge in [0.15, 0.2) is 0 Å². The zero-order valence-corrected chi connectivity index (χ0v) is 37.9. The molecule has 0 amide bonds. The second kappa shape index (κ2) is 17.4. The van der Waals surface area contributed by atoms with Gasteiger partial charge in [-0.3, -0.25) is 4.98 Å². The van der Waals surface area contributed by atoms with Gasteiger partial charge in [0.05, 0.1) is 36.2 Å². The van der Waals surface area contributed by atoms with E-state index in [0.717, 1.165) is 72.4 Å². The van der Waals surface area contributed by atoms with E-state index < -0.39 is 8.07 Å². The molecule has 0 bridgehead atoms. The van der Waals surface area contributed by atoms with Crippen molar-refractivity contribution in [2.24, 2.45) is 0 Å². The third-order valence-corrected chi connectivity index (χ3v) is 12.7. The van der Waals surface area contributed by atoms with Gasteiger partial charge in [0.1, 0.15) is 5.82 Å². The summed E-state index contributed by atoms with van der Waals surface area (Å²) in [6.07, 6.45) is 2.02. The van der Waals surface area contributed by atoms with Crippen LogP contribution in [0.2, 0.25) is 19.6 Å². The third-order valence-electron chi connectivity index (χ3n) is 10.7. The molecule has 5 nitrogen and oxygen atoms in total. The van der Waals surface area contributed by atoms with Crippen molar-refractivity contribution in [1.82, 2.24) is 19.5 Å². The summed E-state index contributed by atoms with van der Waals surface area (Å²) in [5.41, 5.74) is 11.1. The average molecular weight is 971 g/mol. The summed E-state index contributed by atoms with van der Waals surface area (Å²) in [5.74, 6) is 0.908. The molecule has 0 aliphatic carbocycles. The first kappa shape index (κ1) is 41.6. The number of benzene rings is 5. The number of hydrogen-bond donors (Lipinski definition) is 0. The fraction of sp³-hybridized carbons (Fsp3) is 0.196. The van der Waals surface area contributed by atoms with Crippen LogP contribution in [0.3, 0.4) is 0 Å².